The van der Waals surface area contributed by atoms with Gasteiger partial charge >= 0.3 is 12.1 Å². The molecule has 1 saturated heterocycles. The van der Waals surface area contributed by atoms with Gasteiger partial charge in [0, 0.05) is 26.2 Å². The van der Waals surface area contributed by atoms with E-state index < -0.39 is 12.1 Å². The van der Waals surface area contributed by atoms with E-state index in [2.05, 4.69) is 37.2 Å². The van der Waals surface area contributed by atoms with Crippen LogP contribution in [0.2, 0.25) is 5.02 Å². The quantitative estimate of drug-likeness (QED) is 0.530. The van der Waals surface area contributed by atoms with E-state index in [9.17, 15) is 23.2 Å². The molecule has 2 aliphatic rings. The number of alkyl halides is 3. The zero-order valence-corrected chi connectivity index (χ0v) is 21.2. The van der Waals surface area contributed by atoms with Crippen LogP contribution in [0.25, 0.3) is 0 Å². The number of amides is 1. The second kappa shape index (κ2) is 12.7. The van der Waals surface area contributed by atoms with Crippen LogP contribution in [-0.4, -0.2) is 82.3 Å². The van der Waals surface area contributed by atoms with Crippen molar-refractivity contribution in [1.29, 1.82) is 5.26 Å². The predicted octanol–water partition coefficient (Wildman–Crippen LogP) is 2.88. The van der Waals surface area contributed by atoms with Gasteiger partial charge in [-0.2, -0.15) is 23.4 Å². The summed E-state index contributed by atoms with van der Waals surface area (Å²) in [4.78, 5) is 39.3. The Kier molecular flexibility index (Phi) is 9.65. The van der Waals surface area contributed by atoms with Gasteiger partial charge in [-0.15, -0.1) is 0 Å². The average Bonchev–Trinajstić information content (AvgIpc) is 3.43. The van der Waals surface area contributed by atoms with Gasteiger partial charge in [-0.3, -0.25) is 15.2 Å². The fourth-order valence-corrected chi connectivity index (χ4v) is 4.17. The van der Waals surface area contributed by atoms with Gasteiger partial charge in [0.05, 0.1) is 12.2 Å². The highest BCUT2D eigenvalue weighted by Gasteiger charge is 2.38. The number of aliphatic carboxylic acids is 1. The number of aromatic nitrogens is 3. The molecule has 204 valence electrons. The average molecular weight is 555 g/mol. The lowest BCUT2D eigenvalue weighted by atomic mass is 10.2. The normalized spacial score (nSPS) is 16.3. The van der Waals surface area contributed by atoms with Gasteiger partial charge < -0.3 is 14.9 Å². The van der Waals surface area contributed by atoms with Crippen molar-refractivity contribution in [3.8, 4) is 6.07 Å². The number of nitriles is 1. The van der Waals surface area contributed by atoms with Gasteiger partial charge in [-0.25, -0.2) is 14.8 Å². The molecule has 1 saturated carbocycles. The summed E-state index contributed by atoms with van der Waals surface area (Å²) in [5.41, 5.74) is 3.27. The second-order valence-corrected chi connectivity index (χ2v) is 9.11. The number of halogens is 4. The van der Waals surface area contributed by atoms with Crippen LogP contribution in [0.1, 0.15) is 42.0 Å². The summed E-state index contributed by atoms with van der Waals surface area (Å²) < 4.78 is 31.7. The van der Waals surface area contributed by atoms with Crippen LogP contribution >= 0.6 is 11.6 Å². The standard InChI is InChI=1S/C21H25ClN8O.C2HF3O2/c1-28-9-11-29(12-10-28)19-8-4-7-17(25-19)21(31)27-30(15-5-2-3-6-15)20-16(22)14-24-18(13-23)26-20;3-2(4,5)1(6)7/h4,7-8,14-15H,2-3,5-6,9-12H2,1H3,(H,27,31);(H,6,7). The van der Waals surface area contributed by atoms with Gasteiger partial charge in [0.1, 0.15) is 22.6 Å². The number of rotatable bonds is 5. The van der Waals surface area contributed by atoms with Crippen LogP contribution in [0.5, 0.6) is 0 Å². The highest BCUT2D eigenvalue weighted by atomic mass is 35.5. The molecule has 2 N–H and O–H groups in total. The van der Waals surface area contributed by atoms with Crippen molar-refractivity contribution in [1.82, 2.24) is 25.3 Å². The number of piperazine rings is 1. The molecule has 1 amide bonds. The summed E-state index contributed by atoms with van der Waals surface area (Å²) in [6.07, 6.45) is 0.224. The van der Waals surface area contributed by atoms with Crippen LogP contribution in [0.3, 0.4) is 0 Å². The molecule has 11 nitrogen and oxygen atoms in total. The first kappa shape index (κ1) is 28.9. The lowest BCUT2D eigenvalue weighted by molar-refractivity contribution is -0.192. The number of carbonyl (C=O) groups excluding carboxylic acids is 1. The van der Waals surface area contributed by atoms with Crippen molar-refractivity contribution in [2.45, 2.75) is 37.9 Å². The van der Waals surface area contributed by atoms with Crippen LogP contribution < -0.4 is 15.3 Å². The number of hydrogen-bond acceptors (Lipinski definition) is 9. The van der Waals surface area contributed by atoms with Gasteiger partial charge in [0.25, 0.3) is 5.91 Å². The lowest BCUT2D eigenvalue weighted by Gasteiger charge is -2.33. The molecule has 3 heterocycles. The molecule has 2 aromatic heterocycles. The summed E-state index contributed by atoms with van der Waals surface area (Å²) >= 11 is 6.34. The fourth-order valence-electron chi connectivity index (χ4n) is 3.99. The molecule has 0 bridgehead atoms. The monoisotopic (exact) mass is 554 g/mol. The third kappa shape index (κ3) is 7.65. The molecular formula is C23H26ClF3N8O3. The zero-order chi connectivity index (χ0) is 27.9. The minimum Gasteiger partial charge on any atom is -0.475 e. The minimum absolute atomic E-state index is 0.00633. The number of carboxylic acid groups (broad SMARTS) is 1. The number of anilines is 2. The van der Waals surface area contributed by atoms with Crippen molar-refractivity contribution in [3.63, 3.8) is 0 Å². The highest BCUT2D eigenvalue weighted by molar-refractivity contribution is 6.32. The number of hydrazine groups is 1. The van der Waals surface area contributed by atoms with Gasteiger partial charge in [-0.1, -0.05) is 30.5 Å². The van der Waals surface area contributed by atoms with Crippen molar-refractivity contribution in [2.75, 3.05) is 43.1 Å². The maximum absolute atomic E-state index is 13.1. The van der Waals surface area contributed by atoms with Gasteiger partial charge in [-0.05, 0) is 32.0 Å². The van der Waals surface area contributed by atoms with E-state index in [-0.39, 0.29) is 22.8 Å². The first-order chi connectivity index (χ1) is 18.0. The van der Waals surface area contributed by atoms with E-state index in [1.807, 2.05) is 18.2 Å². The molecule has 0 radical (unpaired) electrons. The molecule has 2 aromatic rings. The Balaban J connectivity index is 0.000000505. The highest BCUT2D eigenvalue weighted by Crippen LogP contribution is 2.30. The van der Waals surface area contributed by atoms with Gasteiger partial charge in [0.2, 0.25) is 5.82 Å². The molecular weight excluding hydrogens is 529 g/mol. The molecule has 2 fully saturated rings. The predicted molar refractivity (Wildman–Crippen MR) is 132 cm³/mol. The van der Waals surface area contributed by atoms with Crippen molar-refractivity contribution in [3.05, 3.63) is 40.9 Å². The molecule has 38 heavy (non-hydrogen) atoms. The number of nitrogens with zero attached hydrogens (tertiary/aromatic N) is 7. The molecule has 0 atom stereocenters. The smallest absolute Gasteiger partial charge is 0.475 e. The van der Waals surface area contributed by atoms with E-state index in [4.69, 9.17) is 21.5 Å². The Morgan fingerprint density at radius 1 is 1.18 bits per heavy atom. The number of carbonyl (C=O) groups is 2. The van der Waals surface area contributed by atoms with Crippen molar-refractivity contribution >= 4 is 35.1 Å². The van der Waals surface area contributed by atoms with Crippen molar-refractivity contribution < 1.29 is 27.9 Å². The molecule has 1 aliphatic heterocycles. The largest absolute Gasteiger partial charge is 0.490 e. The molecule has 4 rings (SSSR count). The Bertz CT molecular complexity index is 1180. The number of nitrogens with one attached hydrogen (secondary N) is 1. The molecule has 0 spiro atoms. The minimum atomic E-state index is -5.08. The Hall–Kier alpha value is -3.70. The third-order valence-corrected chi connectivity index (χ3v) is 6.27. The molecule has 0 aromatic carbocycles. The number of carboxylic acids is 1. The zero-order valence-electron chi connectivity index (χ0n) is 20.4. The maximum atomic E-state index is 13.1. The molecule has 0 unspecified atom stereocenters. The maximum Gasteiger partial charge on any atom is 0.490 e. The summed E-state index contributed by atoms with van der Waals surface area (Å²) in [7, 11) is 2.10. The summed E-state index contributed by atoms with van der Waals surface area (Å²) in [5, 5.41) is 18.3. The van der Waals surface area contributed by atoms with Crippen LogP contribution in [0.4, 0.5) is 24.8 Å². The van der Waals surface area contributed by atoms with E-state index >= 15 is 0 Å². The second-order valence-electron chi connectivity index (χ2n) is 8.70. The SMILES string of the molecule is CN1CCN(c2cccc(C(=O)NN(c3nc(C#N)ncc3Cl)C3CCCC3)n2)CC1.O=C(O)C(F)(F)F. The van der Waals surface area contributed by atoms with Gasteiger partial charge in [0.15, 0.2) is 5.82 Å². The van der Waals surface area contributed by atoms with Crippen molar-refractivity contribution in [2.24, 2.45) is 0 Å². The number of likely N-dealkylation sites (N-methyl/N-ethyl adjacent to an activating group) is 1. The topological polar surface area (TPSA) is 139 Å². The molecule has 15 heteroatoms. The van der Waals surface area contributed by atoms with Crippen LogP contribution in [-0.2, 0) is 4.79 Å². The summed E-state index contributed by atoms with van der Waals surface area (Å²) in [5.74, 6) is -1.96. The fraction of sp³-hybridized carbons (Fsp3) is 0.478. The van der Waals surface area contributed by atoms with Crippen LogP contribution in [0.15, 0.2) is 24.4 Å². The van der Waals surface area contributed by atoms with E-state index in [1.165, 1.54) is 6.20 Å². The lowest BCUT2D eigenvalue weighted by Crippen LogP contribution is -2.49. The third-order valence-electron chi connectivity index (χ3n) is 6.00. The Labute approximate surface area is 221 Å². The first-order valence-corrected chi connectivity index (χ1v) is 12.1. The number of hydrogen-bond donors (Lipinski definition) is 2. The summed E-state index contributed by atoms with van der Waals surface area (Å²) in [6.45, 7) is 3.66. The van der Waals surface area contributed by atoms with E-state index in [1.54, 1.807) is 11.1 Å². The van der Waals surface area contributed by atoms with E-state index in [0.717, 1.165) is 57.7 Å². The first-order valence-electron chi connectivity index (χ1n) is 11.7. The molecule has 1 aliphatic carbocycles. The Morgan fingerprint density at radius 2 is 1.82 bits per heavy atom. The Morgan fingerprint density at radius 3 is 2.39 bits per heavy atom. The van der Waals surface area contributed by atoms with Crippen LogP contribution in [0, 0.1) is 11.3 Å². The number of pyridine rings is 1. The summed E-state index contributed by atoms with van der Waals surface area (Å²) in [6, 6.07) is 7.45. The van der Waals surface area contributed by atoms with E-state index in [0.29, 0.717) is 11.5 Å².